The summed E-state index contributed by atoms with van der Waals surface area (Å²) in [5.41, 5.74) is 0. The highest BCUT2D eigenvalue weighted by Gasteiger charge is 2.34. The fraction of sp³-hybridized carbons (Fsp3) is 1.00. The van der Waals surface area contributed by atoms with Crippen LogP contribution in [0.25, 0.3) is 0 Å². The zero-order valence-electron chi connectivity index (χ0n) is 8.55. The van der Waals surface area contributed by atoms with Gasteiger partial charge >= 0.3 is 0 Å². The first-order chi connectivity index (χ1) is 5.75. The summed E-state index contributed by atoms with van der Waals surface area (Å²) in [7, 11) is 0. The number of hydrogen-bond acceptors (Lipinski definition) is 0. The standard InChI is InChI=1S/C11H21B/c1-9(2)12-7-10-4-3-5-11(6-10)8-12/h9-11H,3-8H2,1-2H3. The molecule has 0 N–H and O–H groups in total. The van der Waals surface area contributed by atoms with Crippen molar-refractivity contribution in [2.24, 2.45) is 11.8 Å². The summed E-state index contributed by atoms with van der Waals surface area (Å²) in [5, 5.41) is 0. The highest BCUT2D eigenvalue weighted by Crippen LogP contribution is 2.42. The minimum Gasteiger partial charge on any atom is -0.0711 e. The van der Waals surface area contributed by atoms with E-state index in [4.69, 9.17) is 0 Å². The van der Waals surface area contributed by atoms with Gasteiger partial charge in [-0.05, 0) is 18.3 Å². The minimum atomic E-state index is 0.938. The topological polar surface area (TPSA) is 0 Å². The van der Waals surface area contributed by atoms with Gasteiger partial charge in [0, 0.05) is 0 Å². The van der Waals surface area contributed by atoms with Gasteiger partial charge in [0.2, 0.25) is 0 Å². The third-order valence-corrected chi connectivity index (χ3v) is 4.11. The quantitative estimate of drug-likeness (QED) is 0.518. The maximum absolute atomic E-state index is 2.41. The predicted octanol–water partition coefficient (Wildman–Crippen LogP) is 3.71. The molecule has 1 heteroatoms. The molecule has 12 heavy (non-hydrogen) atoms. The van der Waals surface area contributed by atoms with Crippen LogP contribution in [0.4, 0.5) is 0 Å². The maximum Gasteiger partial charge on any atom is 0.143 e. The fourth-order valence-electron chi connectivity index (χ4n) is 3.33. The Balaban J connectivity index is 1.96. The second-order valence-electron chi connectivity index (χ2n) is 5.37. The molecule has 2 aliphatic rings. The van der Waals surface area contributed by atoms with E-state index in [0.717, 1.165) is 24.4 Å². The van der Waals surface area contributed by atoms with Crippen LogP contribution in [0, 0.1) is 11.8 Å². The SMILES string of the molecule is CC(C)B1CC2CCCC(C1)C2. The molecule has 2 fully saturated rings. The molecule has 1 aliphatic heterocycles. The minimum absolute atomic E-state index is 0.938. The van der Waals surface area contributed by atoms with Crippen molar-refractivity contribution < 1.29 is 0 Å². The van der Waals surface area contributed by atoms with Gasteiger partial charge in [0.1, 0.15) is 6.71 Å². The maximum atomic E-state index is 2.41. The lowest BCUT2D eigenvalue weighted by molar-refractivity contribution is 0.280. The van der Waals surface area contributed by atoms with E-state index in [1.807, 2.05) is 0 Å². The molecule has 1 saturated carbocycles. The van der Waals surface area contributed by atoms with E-state index in [2.05, 4.69) is 13.8 Å². The Morgan fingerprint density at radius 3 is 2.17 bits per heavy atom. The summed E-state index contributed by atoms with van der Waals surface area (Å²) in [6.07, 6.45) is 9.28. The summed E-state index contributed by atoms with van der Waals surface area (Å²) in [6, 6.07) is 0. The highest BCUT2D eigenvalue weighted by atomic mass is 14.3. The highest BCUT2D eigenvalue weighted by molar-refractivity contribution is 6.60. The van der Waals surface area contributed by atoms with Crippen LogP contribution < -0.4 is 0 Å². The van der Waals surface area contributed by atoms with Gasteiger partial charge in [-0.15, -0.1) is 0 Å². The van der Waals surface area contributed by atoms with Gasteiger partial charge in [0.05, 0.1) is 0 Å². The normalized spacial score (nSPS) is 35.8. The van der Waals surface area contributed by atoms with Crippen LogP contribution in [0.5, 0.6) is 0 Å². The Bertz CT molecular complexity index is 141. The lowest BCUT2D eigenvalue weighted by atomic mass is 9.31. The molecule has 0 aromatic carbocycles. The van der Waals surface area contributed by atoms with E-state index in [-0.39, 0.29) is 0 Å². The molecule has 0 spiro atoms. The molecule has 0 radical (unpaired) electrons. The first-order valence-electron chi connectivity index (χ1n) is 5.75. The molecule has 2 atom stereocenters. The summed E-state index contributed by atoms with van der Waals surface area (Å²) >= 11 is 0. The largest absolute Gasteiger partial charge is 0.143 e. The third-order valence-electron chi connectivity index (χ3n) is 4.11. The lowest BCUT2D eigenvalue weighted by Gasteiger charge is -2.39. The zero-order valence-corrected chi connectivity index (χ0v) is 8.55. The van der Waals surface area contributed by atoms with Gasteiger partial charge in [0.15, 0.2) is 0 Å². The molecule has 2 unspecified atom stereocenters. The van der Waals surface area contributed by atoms with Crippen molar-refractivity contribution >= 4 is 6.71 Å². The predicted molar refractivity (Wildman–Crippen MR) is 55.9 cm³/mol. The van der Waals surface area contributed by atoms with Crippen LogP contribution in [0.3, 0.4) is 0 Å². The monoisotopic (exact) mass is 164 g/mol. The molecule has 0 amide bonds. The van der Waals surface area contributed by atoms with Crippen molar-refractivity contribution in [1.29, 1.82) is 0 Å². The van der Waals surface area contributed by atoms with Gasteiger partial charge in [-0.3, -0.25) is 0 Å². The van der Waals surface area contributed by atoms with E-state index in [9.17, 15) is 0 Å². The molecule has 2 rings (SSSR count). The van der Waals surface area contributed by atoms with Crippen molar-refractivity contribution in [2.75, 3.05) is 0 Å². The average molecular weight is 164 g/mol. The second-order valence-corrected chi connectivity index (χ2v) is 5.37. The van der Waals surface area contributed by atoms with E-state index in [1.165, 1.54) is 6.42 Å². The van der Waals surface area contributed by atoms with Crippen LogP contribution in [-0.2, 0) is 0 Å². The molecule has 1 aliphatic carbocycles. The molecule has 68 valence electrons. The van der Waals surface area contributed by atoms with Gasteiger partial charge in [-0.1, -0.05) is 51.6 Å². The Kier molecular flexibility index (Phi) is 2.48. The van der Waals surface area contributed by atoms with Crippen molar-refractivity contribution in [3.8, 4) is 0 Å². The van der Waals surface area contributed by atoms with Gasteiger partial charge in [-0.2, -0.15) is 0 Å². The first-order valence-corrected chi connectivity index (χ1v) is 5.75. The molecule has 2 bridgehead atoms. The number of hydrogen-bond donors (Lipinski definition) is 0. The summed E-state index contributed by atoms with van der Waals surface area (Å²) in [6.45, 7) is 5.88. The molecular formula is C11H21B. The third kappa shape index (κ3) is 1.70. The molecule has 1 heterocycles. The Hall–Kier alpha value is 0.0649. The summed E-state index contributed by atoms with van der Waals surface area (Å²) in [4.78, 5) is 0. The Labute approximate surface area is 77.2 Å². The van der Waals surface area contributed by atoms with Crippen LogP contribution in [0.1, 0.15) is 39.5 Å². The molecule has 0 aromatic rings. The van der Waals surface area contributed by atoms with Crippen molar-refractivity contribution in [3.05, 3.63) is 0 Å². The van der Waals surface area contributed by atoms with Crippen molar-refractivity contribution in [3.63, 3.8) is 0 Å². The van der Waals surface area contributed by atoms with Crippen LogP contribution >= 0.6 is 0 Å². The number of rotatable bonds is 1. The Morgan fingerprint density at radius 1 is 1.08 bits per heavy atom. The first kappa shape index (κ1) is 8.65. The average Bonchev–Trinajstić information content (AvgIpc) is 2.03. The molecule has 1 saturated heterocycles. The summed E-state index contributed by atoms with van der Waals surface area (Å²) in [5.74, 6) is 3.17. The van der Waals surface area contributed by atoms with Crippen molar-refractivity contribution in [2.45, 2.75) is 58.0 Å². The summed E-state index contributed by atoms with van der Waals surface area (Å²) < 4.78 is 0. The molecule has 0 aromatic heterocycles. The van der Waals surface area contributed by atoms with E-state index in [1.54, 1.807) is 31.9 Å². The van der Waals surface area contributed by atoms with E-state index < -0.39 is 0 Å². The smallest absolute Gasteiger partial charge is 0.0711 e. The van der Waals surface area contributed by atoms with Crippen molar-refractivity contribution in [1.82, 2.24) is 0 Å². The van der Waals surface area contributed by atoms with E-state index in [0.29, 0.717) is 0 Å². The second kappa shape index (κ2) is 3.43. The zero-order chi connectivity index (χ0) is 8.55. The fourth-order valence-corrected chi connectivity index (χ4v) is 3.33. The van der Waals surface area contributed by atoms with Crippen LogP contribution in [-0.4, -0.2) is 6.71 Å². The lowest BCUT2D eigenvalue weighted by Crippen LogP contribution is -2.33. The molecule has 0 nitrogen and oxygen atoms in total. The van der Waals surface area contributed by atoms with Gasteiger partial charge in [0.25, 0.3) is 0 Å². The number of fused-ring (bicyclic) bond motifs is 2. The Morgan fingerprint density at radius 2 is 1.67 bits per heavy atom. The molecular weight excluding hydrogens is 143 g/mol. The van der Waals surface area contributed by atoms with Crippen LogP contribution in [0.15, 0.2) is 0 Å². The van der Waals surface area contributed by atoms with Gasteiger partial charge in [-0.25, -0.2) is 0 Å². The van der Waals surface area contributed by atoms with Gasteiger partial charge < -0.3 is 0 Å². The van der Waals surface area contributed by atoms with Crippen LogP contribution in [0.2, 0.25) is 18.5 Å². The van der Waals surface area contributed by atoms with E-state index >= 15 is 0 Å².